The van der Waals surface area contributed by atoms with E-state index in [2.05, 4.69) is 0 Å². The molecule has 2 aromatic carbocycles. The molecule has 1 atom stereocenters. The number of hydrogen-bond donors (Lipinski definition) is 0. The van der Waals surface area contributed by atoms with Gasteiger partial charge in [-0.3, -0.25) is 4.79 Å². The minimum absolute atomic E-state index is 0.00780. The summed E-state index contributed by atoms with van der Waals surface area (Å²) in [6, 6.07) is 8.93. The fraction of sp³-hybridized carbons (Fsp3) is 0.458. The van der Waals surface area contributed by atoms with Crippen molar-refractivity contribution in [3.05, 3.63) is 35.9 Å². The van der Waals surface area contributed by atoms with Crippen LogP contribution in [-0.4, -0.2) is 38.1 Å². The third-order valence-electron chi connectivity index (χ3n) is 4.03. The fourth-order valence-corrected chi connectivity index (χ4v) is 4.08. The number of carbonyl (C=O) groups excluding carboxylic acids is 1. The molecule has 0 fully saturated rings. The van der Waals surface area contributed by atoms with Crippen LogP contribution < -0.4 is 29.0 Å². The average molecular weight is 448 g/mol. The first-order valence-electron chi connectivity index (χ1n) is 10.4. The Kier molecular flexibility index (Phi) is 9.00. The van der Waals surface area contributed by atoms with Gasteiger partial charge in [-0.1, -0.05) is 6.07 Å². The van der Waals surface area contributed by atoms with E-state index in [1.165, 1.54) is 14.2 Å². The van der Waals surface area contributed by atoms with Crippen LogP contribution in [0, 0.1) is 0 Å². The summed E-state index contributed by atoms with van der Waals surface area (Å²) in [4.78, 5) is 13.4. The molecule has 31 heavy (non-hydrogen) atoms. The van der Waals surface area contributed by atoms with E-state index in [1.807, 2.05) is 53.7 Å². The Bertz CT molecular complexity index is 838. The summed E-state index contributed by atoms with van der Waals surface area (Å²) in [5, 5.41) is 0.691. The lowest BCUT2D eigenvalue weighted by molar-refractivity contribution is 0.108. The van der Waals surface area contributed by atoms with Gasteiger partial charge >= 0.3 is 0 Å². The van der Waals surface area contributed by atoms with Crippen LogP contribution in [0.5, 0.6) is 28.7 Å². The van der Waals surface area contributed by atoms with Gasteiger partial charge in [0.25, 0.3) is 0 Å². The Labute approximate surface area is 187 Å². The van der Waals surface area contributed by atoms with Gasteiger partial charge in [-0.25, -0.2) is 0 Å². The lowest BCUT2D eigenvalue weighted by Gasteiger charge is -2.22. The van der Waals surface area contributed by atoms with E-state index in [-0.39, 0.29) is 32.4 Å². The van der Waals surface area contributed by atoms with Gasteiger partial charge in [0, 0.05) is 12.1 Å². The molecule has 0 saturated heterocycles. The van der Waals surface area contributed by atoms with Crippen molar-refractivity contribution in [1.82, 2.24) is 0 Å². The van der Waals surface area contributed by atoms with Crippen LogP contribution in [-0.2, 0) is 0 Å². The maximum atomic E-state index is 13.4. The van der Waals surface area contributed by atoms with Crippen LogP contribution in [0.3, 0.4) is 0 Å². The van der Waals surface area contributed by atoms with Gasteiger partial charge in [0.05, 0.1) is 37.8 Å². The average Bonchev–Trinajstić information content (AvgIpc) is 2.68. The number of hydrogen-bond acceptors (Lipinski definition) is 6. The highest BCUT2D eigenvalue weighted by molar-refractivity contribution is 7.66. The number of ether oxygens (including phenoxy) is 5. The van der Waals surface area contributed by atoms with Gasteiger partial charge in [0.1, 0.15) is 34.3 Å². The van der Waals surface area contributed by atoms with Gasteiger partial charge < -0.3 is 23.7 Å². The summed E-state index contributed by atoms with van der Waals surface area (Å²) in [5.74, 6) is 2.72. The van der Waals surface area contributed by atoms with Crippen molar-refractivity contribution in [3.8, 4) is 28.7 Å². The van der Waals surface area contributed by atoms with Gasteiger partial charge in [-0.05, 0) is 62.3 Å². The molecule has 2 rings (SSSR count). The Morgan fingerprint density at radius 1 is 0.742 bits per heavy atom. The van der Waals surface area contributed by atoms with Gasteiger partial charge in [0.15, 0.2) is 5.52 Å². The highest BCUT2D eigenvalue weighted by atomic mass is 31.1. The summed E-state index contributed by atoms with van der Waals surface area (Å²) in [6.07, 6.45) is -0.173. The number of benzene rings is 2. The Morgan fingerprint density at radius 3 is 1.58 bits per heavy atom. The van der Waals surface area contributed by atoms with E-state index >= 15 is 0 Å². The molecular weight excluding hydrogens is 415 g/mol. The minimum atomic E-state index is -0.261. The second kappa shape index (κ2) is 11.2. The van der Waals surface area contributed by atoms with Crippen LogP contribution in [0.15, 0.2) is 30.3 Å². The van der Waals surface area contributed by atoms with Crippen molar-refractivity contribution in [2.24, 2.45) is 0 Å². The predicted octanol–water partition coefficient (Wildman–Crippen LogP) is 5.21. The topological polar surface area (TPSA) is 63.2 Å². The minimum Gasteiger partial charge on any atom is -0.496 e. The fourth-order valence-electron chi connectivity index (χ4n) is 2.97. The summed E-state index contributed by atoms with van der Waals surface area (Å²) in [5.41, 5.74) is 0.272. The summed E-state index contributed by atoms with van der Waals surface area (Å²) >= 11 is 0. The molecule has 0 heterocycles. The van der Waals surface area contributed by atoms with Crippen LogP contribution in [0.4, 0.5) is 0 Å². The number of rotatable bonds is 11. The third-order valence-corrected chi connectivity index (χ3v) is 5.25. The van der Waals surface area contributed by atoms with Gasteiger partial charge in [-0.15, -0.1) is 0 Å². The van der Waals surface area contributed by atoms with E-state index in [1.54, 1.807) is 18.2 Å². The van der Waals surface area contributed by atoms with Crippen molar-refractivity contribution >= 4 is 19.4 Å². The van der Waals surface area contributed by atoms with E-state index in [0.29, 0.717) is 39.6 Å². The second-order valence-electron chi connectivity index (χ2n) is 7.79. The quantitative estimate of drug-likeness (QED) is 0.440. The molecule has 0 amide bonds. The molecule has 2 aromatic rings. The van der Waals surface area contributed by atoms with E-state index in [4.69, 9.17) is 23.7 Å². The Hall–Kier alpha value is -2.46. The zero-order valence-electron chi connectivity index (χ0n) is 19.6. The van der Waals surface area contributed by atoms with Crippen molar-refractivity contribution < 1.29 is 28.5 Å². The molecular formula is C24H33O6P. The molecule has 0 saturated carbocycles. The first kappa shape index (κ1) is 24.8. The summed E-state index contributed by atoms with van der Waals surface area (Å²) < 4.78 is 28.9. The van der Waals surface area contributed by atoms with Crippen molar-refractivity contribution in [1.29, 1.82) is 0 Å². The molecule has 6 nitrogen and oxygen atoms in total. The molecule has 7 heteroatoms. The van der Waals surface area contributed by atoms with E-state index < -0.39 is 0 Å². The molecule has 0 aliphatic carbocycles. The zero-order valence-corrected chi connectivity index (χ0v) is 20.6. The maximum Gasteiger partial charge on any atom is 0.193 e. The van der Waals surface area contributed by atoms with Crippen LogP contribution in [0.1, 0.15) is 51.9 Å². The van der Waals surface area contributed by atoms with Crippen LogP contribution >= 0.6 is 8.58 Å². The van der Waals surface area contributed by atoms with E-state index in [9.17, 15) is 4.79 Å². The first-order valence-corrected chi connectivity index (χ1v) is 11.4. The number of carbonyl (C=O) groups is 1. The smallest absolute Gasteiger partial charge is 0.193 e. The predicted molar refractivity (Wildman–Crippen MR) is 126 cm³/mol. The highest BCUT2D eigenvalue weighted by Gasteiger charge is 2.24. The third kappa shape index (κ3) is 6.76. The molecule has 0 aliphatic heterocycles. The molecule has 1 unspecified atom stereocenters. The van der Waals surface area contributed by atoms with Crippen molar-refractivity contribution in [3.63, 3.8) is 0 Å². The SMILES string of the molecule is COc1cccc(OC)c1C(=O)Pc1c(OC(C)C)cc(OC(C)C)cc1OC(C)C. The Balaban J connectivity index is 2.58. The molecule has 0 radical (unpaired) electrons. The lowest BCUT2D eigenvalue weighted by Crippen LogP contribution is -2.19. The summed E-state index contributed by atoms with van der Waals surface area (Å²) in [6.45, 7) is 11.7. The zero-order chi connectivity index (χ0) is 23.1. The van der Waals surface area contributed by atoms with Gasteiger partial charge in [-0.2, -0.15) is 0 Å². The molecule has 0 aliphatic rings. The van der Waals surface area contributed by atoms with Crippen molar-refractivity contribution in [2.75, 3.05) is 14.2 Å². The van der Waals surface area contributed by atoms with Crippen molar-refractivity contribution in [2.45, 2.75) is 59.9 Å². The first-order chi connectivity index (χ1) is 14.7. The van der Waals surface area contributed by atoms with Crippen LogP contribution in [0.25, 0.3) is 0 Å². The molecule has 0 N–H and O–H groups in total. The molecule has 170 valence electrons. The van der Waals surface area contributed by atoms with E-state index in [0.717, 1.165) is 0 Å². The monoisotopic (exact) mass is 448 g/mol. The number of methoxy groups -OCH3 is 2. The Morgan fingerprint density at radius 2 is 1.19 bits per heavy atom. The largest absolute Gasteiger partial charge is 0.496 e. The molecule has 0 spiro atoms. The normalized spacial score (nSPS) is 11.5. The van der Waals surface area contributed by atoms with Gasteiger partial charge in [0.2, 0.25) is 0 Å². The molecule has 0 bridgehead atoms. The van der Waals surface area contributed by atoms with Crippen LogP contribution in [0.2, 0.25) is 0 Å². The summed E-state index contributed by atoms with van der Waals surface area (Å²) in [7, 11) is 2.81. The second-order valence-corrected chi connectivity index (χ2v) is 8.99. The standard InChI is InChI=1S/C24H33O6P/c1-14(2)28-17-12-20(29-15(3)4)23(21(13-17)30-16(5)6)31-24(25)22-18(26-7)10-9-11-19(22)27-8/h9-16,31H,1-8H3. The molecule has 0 aromatic heterocycles. The maximum absolute atomic E-state index is 13.4. The highest BCUT2D eigenvalue weighted by Crippen LogP contribution is 2.39. The lowest BCUT2D eigenvalue weighted by atomic mass is 10.2.